The van der Waals surface area contributed by atoms with Crippen LogP contribution in [0.5, 0.6) is 0 Å². The van der Waals surface area contributed by atoms with Crippen molar-refractivity contribution >= 4 is 22.7 Å². The first-order valence-corrected chi connectivity index (χ1v) is 20.2. The Morgan fingerprint density at radius 1 is 0.675 bits per heavy atom. The van der Waals surface area contributed by atoms with Crippen LogP contribution in [0.2, 0.25) is 0 Å². The van der Waals surface area contributed by atoms with Gasteiger partial charge in [0, 0.05) is 11.3 Å². The molecule has 1 aromatic heterocycles. The van der Waals surface area contributed by atoms with Crippen molar-refractivity contribution in [1.29, 1.82) is 0 Å². The van der Waals surface area contributed by atoms with E-state index in [1.165, 1.54) is 22.3 Å². The van der Waals surface area contributed by atoms with E-state index in [0.717, 1.165) is 22.6 Å². The standard InChI is InChI=1S/C34H39N3.2ClH.Zr/c1-23(2)28-19-13-20-29(24(3)4)34(28)35-22-27-16-12-21-32(37-27)30-17-10-11-18-31(30)33(36-25(5)6)26-14-8-7-9-15-26;;;/h7-21,23-25,33H,22H2,1-6H3;2*1H;/q-2;;;+2/p-2. The Hall–Kier alpha value is -1.97. The van der Waals surface area contributed by atoms with Gasteiger partial charge in [-0.1, -0.05) is 155 Å². The van der Waals surface area contributed by atoms with Gasteiger partial charge in [-0.15, -0.1) is 11.7 Å². The zero-order chi connectivity index (χ0) is 29.1. The summed E-state index contributed by atoms with van der Waals surface area (Å²) in [6, 6.07) is 32.1. The quantitative estimate of drug-likeness (QED) is 0.168. The number of halogens is 2. The predicted molar refractivity (Wildman–Crippen MR) is 170 cm³/mol. The van der Waals surface area contributed by atoms with Crippen LogP contribution in [0.25, 0.3) is 21.9 Å². The first-order valence-electron chi connectivity index (χ1n) is 13.8. The van der Waals surface area contributed by atoms with Gasteiger partial charge in [-0.3, -0.25) is 4.98 Å². The average molecular weight is 652 g/mol. The summed E-state index contributed by atoms with van der Waals surface area (Å²) < 4.78 is 0. The van der Waals surface area contributed by atoms with E-state index in [-0.39, 0.29) is 12.1 Å². The zero-order valence-electron chi connectivity index (χ0n) is 24.3. The maximum absolute atomic E-state index is 5.12. The van der Waals surface area contributed by atoms with Crippen LogP contribution in [-0.4, -0.2) is 11.0 Å². The van der Waals surface area contributed by atoms with Gasteiger partial charge in [-0.2, -0.15) is 0 Å². The third-order valence-corrected chi connectivity index (χ3v) is 6.64. The SMILES string of the molecule is CC(C)[N-]C(c1ccccc1)c1ccccc1-c1cccc(C[N-]c2c(C(C)C)cccc2C(C)C)n1.[Cl][Zr][Cl]. The molecular weight excluding hydrogens is 613 g/mol. The number of nitrogens with zero attached hydrogens (tertiary/aromatic N) is 3. The molecule has 0 aliphatic carbocycles. The summed E-state index contributed by atoms with van der Waals surface area (Å²) in [6.45, 7) is 13.8. The zero-order valence-corrected chi connectivity index (χ0v) is 28.2. The van der Waals surface area contributed by atoms with Gasteiger partial charge in [0.2, 0.25) is 0 Å². The molecule has 4 rings (SSSR count). The summed E-state index contributed by atoms with van der Waals surface area (Å²) in [6.07, 6.45) is 0. The topological polar surface area (TPSA) is 41.1 Å². The number of aromatic nitrogens is 1. The van der Waals surface area contributed by atoms with E-state index in [9.17, 15) is 0 Å². The van der Waals surface area contributed by atoms with Gasteiger partial charge < -0.3 is 10.6 Å². The molecule has 1 unspecified atom stereocenters. The Bertz CT molecular complexity index is 1300. The van der Waals surface area contributed by atoms with Gasteiger partial charge >= 0.3 is 37.9 Å². The molecule has 0 aliphatic rings. The second kappa shape index (κ2) is 16.5. The third-order valence-electron chi connectivity index (χ3n) is 6.64. The molecular formula is C34H39Cl2N3Zr-2. The van der Waals surface area contributed by atoms with Crippen molar-refractivity contribution < 1.29 is 20.8 Å². The van der Waals surface area contributed by atoms with Gasteiger partial charge in [-0.05, 0) is 24.0 Å². The van der Waals surface area contributed by atoms with E-state index < -0.39 is 20.8 Å². The molecule has 0 fully saturated rings. The number of pyridine rings is 1. The Labute approximate surface area is 259 Å². The summed E-state index contributed by atoms with van der Waals surface area (Å²) in [5, 5.41) is 10.2. The monoisotopic (exact) mass is 649 g/mol. The van der Waals surface area contributed by atoms with E-state index in [1.54, 1.807) is 0 Å². The molecule has 0 bridgehead atoms. The maximum atomic E-state index is 5.12. The Morgan fingerprint density at radius 3 is 1.82 bits per heavy atom. The summed E-state index contributed by atoms with van der Waals surface area (Å²) in [4.78, 5) is 5.09. The van der Waals surface area contributed by atoms with Crippen LogP contribution in [0.4, 0.5) is 5.69 Å². The first-order chi connectivity index (χ1) is 19.3. The minimum absolute atomic E-state index is 0.0425. The summed E-state index contributed by atoms with van der Waals surface area (Å²) in [5.74, 6) is 0.839. The van der Waals surface area contributed by atoms with Gasteiger partial charge in [0.15, 0.2) is 0 Å². The van der Waals surface area contributed by atoms with Crippen molar-refractivity contribution in [3.8, 4) is 11.3 Å². The Kier molecular flexibility index (Phi) is 13.4. The van der Waals surface area contributed by atoms with E-state index in [2.05, 4.69) is 133 Å². The molecule has 0 radical (unpaired) electrons. The van der Waals surface area contributed by atoms with Crippen LogP contribution < -0.4 is 0 Å². The number of hydrogen-bond acceptors (Lipinski definition) is 1. The van der Waals surface area contributed by atoms with E-state index in [4.69, 9.17) is 32.6 Å². The molecule has 6 heteroatoms. The predicted octanol–water partition coefficient (Wildman–Crippen LogP) is 11.4. The third kappa shape index (κ3) is 9.02. The van der Waals surface area contributed by atoms with Crippen LogP contribution in [0, 0.1) is 0 Å². The summed E-state index contributed by atoms with van der Waals surface area (Å²) in [5.41, 5.74) is 9.15. The molecule has 0 aliphatic heterocycles. The Balaban J connectivity index is 0.00000141. The number of para-hydroxylation sites is 1. The normalized spacial score (nSPS) is 11.8. The van der Waals surface area contributed by atoms with Crippen LogP contribution in [-0.2, 0) is 27.4 Å². The van der Waals surface area contributed by atoms with E-state index in [0.29, 0.717) is 18.4 Å². The molecule has 0 saturated carbocycles. The second-order valence-corrected chi connectivity index (χ2v) is 14.4. The summed E-state index contributed by atoms with van der Waals surface area (Å²) in [7, 11) is 9.87. The number of benzene rings is 3. The Morgan fingerprint density at radius 2 is 1.23 bits per heavy atom. The molecule has 1 atom stereocenters. The van der Waals surface area contributed by atoms with Gasteiger partial charge in [0.05, 0.1) is 5.69 Å². The molecule has 1 heterocycles. The van der Waals surface area contributed by atoms with Crippen LogP contribution in [0.15, 0.2) is 91.0 Å². The fourth-order valence-electron chi connectivity index (χ4n) is 4.82. The molecule has 4 aromatic rings. The molecule has 0 spiro atoms. The fraction of sp³-hybridized carbons (Fsp3) is 0.324. The van der Waals surface area contributed by atoms with Gasteiger partial charge in [0.25, 0.3) is 0 Å². The molecule has 210 valence electrons. The van der Waals surface area contributed by atoms with E-state index in [1.807, 2.05) is 0 Å². The summed E-state index contributed by atoms with van der Waals surface area (Å²) >= 11 is -0.826. The van der Waals surface area contributed by atoms with E-state index >= 15 is 0 Å². The molecule has 3 aromatic carbocycles. The van der Waals surface area contributed by atoms with Crippen molar-refractivity contribution in [1.82, 2.24) is 4.98 Å². The van der Waals surface area contributed by atoms with Crippen molar-refractivity contribution in [2.24, 2.45) is 0 Å². The first kappa shape index (κ1) is 32.5. The number of hydrogen-bond donors (Lipinski definition) is 0. The molecule has 40 heavy (non-hydrogen) atoms. The molecule has 0 N–H and O–H groups in total. The molecule has 0 amide bonds. The van der Waals surface area contributed by atoms with Gasteiger partial charge in [0.1, 0.15) is 0 Å². The molecule has 0 saturated heterocycles. The van der Waals surface area contributed by atoms with Crippen molar-refractivity contribution in [3.05, 3.63) is 130 Å². The van der Waals surface area contributed by atoms with Crippen molar-refractivity contribution in [3.63, 3.8) is 0 Å². The van der Waals surface area contributed by atoms with Crippen molar-refractivity contribution in [2.75, 3.05) is 0 Å². The van der Waals surface area contributed by atoms with Gasteiger partial charge in [-0.25, -0.2) is 0 Å². The van der Waals surface area contributed by atoms with Crippen LogP contribution >= 0.6 is 17.0 Å². The molecule has 3 nitrogen and oxygen atoms in total. The second-order valence-electron chi connectivity index (χ2n) is 10.6. The average Bonchev–Trinajstić information content (AvgIpc) is 2.95. The fourth-order valence-corrected chi connectivity index (χ4v) is 4.82. The van der Waals surface area contributed by atoms with Crippen LogP contribution in [0.3, 0.4) is 0 Å². The van der Waals surface area contributed by atoms with Crippen molar-refractivity contribution in [2.45, 2.75) is 72.0 Å². The minimum atomic E-state index is -0.826. The van der Waals surface area contributed by atoms with Crippen LogP contribution in [0.1, 0.15) is 87.4 Å². The number of rotatable bonds is 10.